The van der Waals surface area contributed by atoms with E-state index in [1.165, 1.54) is 0 Å². The first kappa shape index (κ1) is 20.9. The van der Waals surface area contributed by atoms with Crippen molar-refractivity contribution in [2.24, 2.45) is 0 Å². The van der Waals surface area contributed by atoms with Gasteiger partial charge in [-0.2, -0.15) is 0 Å². The number of halogens is 2. The molecule has 150 valence electrons. The summed E-state index contributed by atoms with van der Waals surface area (Å²) < 4.78 is 23.2. The summed E-state index contributed by atoms with van der Waals surface area (Å²) in [6, 6.07) is 5.58. The Kier molecular flexibility index (Phi) is 6.69. The summed E-state index contributed by atoms with van der Waals surface area (Å²) in [6.07, 6.45) is 0.611. The molecule has 3 rings (SSSR count). The molecule has 6 nitrogen and oxygen atoms in total. The monoisotopic (exact) mass is 433 g/mol. The van der Waals surface area contributed by atoms with Crippen LogP contribution in [0.4, 0.5) is 0 Å². The van der Waals surface area contributed by atoms with Gasteiger partial charge in [0, 0.05) is 38.8 Å². The number of piperazine rings is 1. The summed E-state index contributed by atoms with van der Waals surface area (Å²) in [5.74, 6) is 0.438. The molecule has 0 radical (unpaired) electrons. The fraction of sp³-hybridized carbons (Fsp3) is 0.611. The third-order valence-corrected chi connectivity index (χ3v) is 7.98. The van der Waals surface area contributed by atoms with Crippen LogP contribution in [0.15, 0.2) is 18.2 Å². The van der Waals surface area contributed by atoms with Crippen molar-refractivity contribution in [3.8, 4) is 0 Å². The van der Waals surface area contributed by atoms with Crippen molar-refractivity contribution in [1.29, 1.82) is 0 Å². The molecule has 1 aromatic rings. The molecular weight excluding hydrogens is 409 g/mol. The molecule has 0 aromatic heterocycles. The Bertz CT molecular complexity index is 795. The van der Waals surface area contributed by atoms with Crippen molar-refractivity contribution >= 4 is 38.9 Å². The van der Waals surface area contributed by atoms with Crippen LogP contribution in [-0.4, -0.2) is 86.3 Å². The van der Waals surface area contributed by atoms with E-state index in [0.717, 1.165) is 18.7 Å². The number of hydrogen-bond acceptors (Lipinski definition) is 5. The van der Waals surface area contributed by atoms with Crippen LogP contribution in [-0.2, 0) is 21.2 Å². The Morgan fingerprint density at radius 2 is 1.93 bits per heavy atom. The van der Waals surface area contributed by atoms with Gasteiger partial charge in [0.1, 0.15) is 0 Å². The molecule has 1 amide bonds. The summed E-state index contributed by atoms with van der Waals surface area (Å²) in [5, 5.41) is 1.14. The van der Waals surface area contributed by atoms with E-state index >= 15 is 0 Å². The molecule has 2 aliphatic rings. The highest BCUT2D eigenvalue weighted by Crippen LogP contribution is 2.26. The Labute approximate surface area is 170 Å². The molecule has 1 aromatic carbocycles. The van der Waals surface area contributed by atoms with Crippen molar-refractivity contribution in [2.75, 3.05) is 51.3 Å². The van der Waals surface area contributed by atoms with Gasteiger partial charge in [-0.05, 0) is 25.1 Å². The van der Waals surface area contributed by atoms with E-state index in [9.17, 15) is 13.2 Å². The van der Waals surface area contributed by atoms with Crippen molar-refractivity contribution in [3.05, 3.63) is 33.8 Å². The smallest absolute Gasteiger partial charge is 0.236 e. The Balaban J connectivity index is 1.47. The van der Waals surface area contributed by atoms with Crippen molar-refractivity contribution < 1.29 is 13.2 Å². The van der Waals surface area contributed by atoms with Gasteiger partial charge >= 0.3 is 0 Å². The number of hydrogen-bond donors (Lipinski definition) is 0. The van der Waals surface area contributed by atoms with E-state index in [2.05, 4.69) is 4.90 Å². The normalized spacial score (nSPS) is 23.1. The average Bonchev–Trinajstić information content (AvgIpc) is 2.99. The Morgan fingerprint density at radius 1 is 1.22 bits per heavy atom. The highest BCUT2D eigenvalue weighted by Gasteiger charge is 2.32. The molecule has 1 atom stereocenters. The lowest BCUT2D eigenvalue weighted by Crippen LogP contribution is -2.51. The SMILES string of the molecule is CN(CC(=O)N1CCN(Cc2cccc(Cl)c2Cl)CC1)C1CCS(=O)(=O)C1. The van der Waals surface area contributed by atoms with E-state index in [0.29, 0.717) is 36.1 Å². The minimum absolute atomic E-state index is 0.0507. The number of rotatable bonds is 5. The number of amides is 1. The maximum atomic E-state index is 12.6. The van der Waals surface area contributed by atoms with Gasteiger partial charge in [0.15, 0.2) is 9.84 Å². The maximum absolute atomic E-state index is 12.6. The van der Waals surface area contributed by atoms with Gasteiger partial charge in [0.2, 0.25) is 5.91 Å². The molecule has 0 bridgehead atoms. The minimum Gasteiger partial charge on any atom is -0.339 e. The van der Waals surface area contributed by atoms with Gasteiger partial charge in [-0.3, -0.25) is 14.6 Å². The fourth-order valence-electron chi connectivity index (χ4n) is 3.63. The Hall–Kier alpha value is -0.860. The van der Waals surface area contributed by atoms with E-state index in [1.807, 2.05) is 29.0 Å². The van der Waals surface area contributed by atoms with E-state index < -0.39 is 9.84 Å². The lowest BCUT2D eigenvalue weighted by Gasteiger charge is -2.36. The number of nitrogens with zero attached hydrogens (tertiary/aromatic N) is 3. The number of likely N-dealkylation sites (N-methyl/N-ethyl adjacent to an activating group) is 1. The van der Waals surface area contributed by atoms with Gasteiger partial charge in [0.25, 0.3) is 0 Å². The predicted molar refractivity (Wildman–Crippen MR) is 108 cm³/mol. The van der Waals surface area contributed by atoms with Crippen LogP contribution in [0.3, 0.4) is 0 Å². The zero-order chi connectivity index (χ0) is 19.6. The van der Waals surface area contributed by atoms with E-state index in [4.69, 9.17) is 23.2 Å². The first-order valence-corrected chi connectivity index (χ1v) is 11.7. The third kappa shape index (κ3) is 5.35. The largest absolute Gasteiger partial charge is 0.339 e. The van der Waals surface area contributed by atoms with Gasteiger partial charge < -0.3 is 4.90 Å². The molecule has 2 fully saturated rings. The second kappa shape index (κ2) is 8.66. The van der Waals surface area contributed by atoms with Gasteiger partial charge in [-0.25, -0.2) is 8.42 Å². The fourth-order valence-corrected chi connectivity index (χ4v) is 5.82. The minimum atomic E-state index is -2.94. The second-order valence-electron chi connectivity index (χ2n) is 7.34. The molecule has 2 aliphatic heterocycles. The highest BCUT2D eigenvalue weighted by molar-refractivity contribution is 7.91. The topological polar surface area (TPSA) is 60.9 Å². The molecule has 27 heavy (non-hydrogen) atoms. The van der Waals surface area contributed by atoms with Crippen molar-refractivity contribution in [3.63, 3.8) is 0 Å². The van der Waals surface area contributed by atoms with Gasteiger partial charge in [0.05, 0.1) is 28.1 Å². The summed E-state index contributed by atoms with van der Waals surface area (Å²) in [5.41, 5.74) is 0.992. The number of sulfone groups is 1. The van der Waals surface area contributed by atoms with Crippen LogP contribution < -0.4 is 0 Å². The van der Waals surface area contributed by atoms with Crippen LogP contribution in [0.1, 0.15) is 12.0 Å². The molecule has 0 saturated carbocycles. The van der Waals surface area contributed by atoms with Crippen LogP contribution in [0, 0.1) is 0 Å². The standard InChI is InChI=1S/C18H25Cl2N3O3S/c1-21(15-5-10-27(25,26)13-15)12-17(24)23-8-6-22(7-9-23)11-14-3-2-4-16(19)18(14)20/h2-4,15H,5-13H2,1H3. The summed E-state index contributed by atoms with van der Waals surface area (Å²) in [4.78, 5) is 18.6. The maximum Gasteiger partial charge on any atom is 0.236 e. The summed E-state index contributed by atoms with van der Waals surface area (Å²) in [6.45, 7) is 3.84. The zero-order valence-electron chi connectivity index (χ0n) is 15.4. The number of benzene rings is 1. The van der Waals surface area contributed by atoms with Gasteiger partial charge in [-0.15, -0.1) is 0 Å². The van der Waals surface area contributed by atoms with Crippen LogP contribution in [0.2, 0.25) is 10.0 Å². The molecular formula is C18H25Cl2N3O3S. The first-order chi connectivity index (χ1) is 12.7. The third-order valence-electron chi connectivity index (χ3n) is 5.37. The summed E-state index contributed by atoms with van der Waals surface area (Å²) >= 11 is 12.3. The second-order valence-corrected chi connectivity index (χ2v) is 10.4. The molecule has 9 heteroatoms. The lowest BCUT2D eigenvalue weighted by atomic mass is 10.2. The lowest BCUT2D eigenvalue weighted by molar-refractivity contribution is -0.134. The van der Waals surface area contributed by atoms with E-state index in [-0.39, 0.29) is 30.0 Å². The van der Waals surface area contributed by atoms with Crippen molar-refractivity contribution in [1.82, 2.24) is 14.7 Å². The average molecular weight is 434 g/mol. The van der Waals surface area contributed by atoms with Gasteiger partial charge in [-0.1, -0.05) is 35.3 Å². The predicted octanol–water partition coefficient (Wildman–Crippen LogP) is 1.76. The molecule has 0 spiro atoms. The molecule has 1 unspecified atom stereocenters. The summed E-state index contributed by atoms with van der Waals surface area (Å²) in [7, 11) is -1.10. The van der Waals surface area contributed by atoms with E-state index in [1.54, 1.807) is 6.07 Å². The first-order valence-electron chi connectivity index (χ1n) is 9.09. The van der Waals surface area contributed by atoms with Crippen LogP contribution in [0.25, 0.3) is 0 Å². The Morgan fingerprint density at radius 3 is 2.56 bits per heavy atom. The van der Waals surface area contributed by atoms with Crippen molar-refractivity contribution in [2.45, 2.75) is 19.0 Å². The van der Waals surface area contributed by atoms with Crippen LogP contribution in [0.5, 0.6) is 0 Å². The number of carbonyl (C=O) groups excluding carboxylic acids is 1. The quantitative estimate of drug-likeness (QED) is 0.707. The molecule has 0 aliphatic carbocycles. The highest BCUT2D eigenvalue weighted by atomic mass is 35.5. The number of carbonyl (C=O) groups is 1. The molecule has 2 heterocycles. The van der Waals surface area contributed by atoms with Crippen LogP contribution >= 0.6 is 23.2 Å². The zero-order valence-corrected chi connectivity index (χ0v) is 17.7. The molecule has 2 saturated heterocycles. The molecule has 0 N–H and O–H groups in total.